The number of hydrogen-bond donors (Lipinski definition) is 2. The lowest BCUT2D eigenvalue weighted by molar-refractivity contribution is 0.282. The van der Waals surface area contributed by atoms with Crippen molar-refractivity contribution in [1.82, 2.24) is 5.32 Å². The van der Waals surface area contributed by atoms with Crippen LogP contribution in [0.15, 0.2) is 22.7 Å². The second kappa shape index (κ2) is 8.61. The molecule has 96 valence electrons. The van der Waals surface area contributed by atoms with Crippen molar-refractivity contribution in [2.24, 2.45) is 0 Å². The average molecular weight is 304 g/mol. The van der Waals surface area contributed by atoms with E-state index in [2.05, 4.69) is 21.2 Å². The van der Waals surface area contributed by atoms with Gasteiger partial charge in [0.2, 0.25) is 0 Å². The van der Waals surface area contributed by atoms with E-state index in [0.717, 1.165) is 44.3 Å². The van der Waals surface area contributed by atoms with E-state index >= 15 is 0 Å². The van der Waals surface area contributed by atoms with E-state index in [4.69, 9.17) is 5.11 Å². The average Bonchev–Trinajstić information content (AvgIpc) is 2.32. The van der Waals surface area contributed by atoms with Crippen LogP contribution in [-0.2, 0) is 6.54 Å². The van der Waals surface area contributed by atoms with Crippen molar-refractivity contribution in [3.8, 4) is 0 Å². The van der Waals surface area contributed by atoms with E-state index in [1.54, 1.807) is 12.1 Å². The standard InChI is InChI=1S/C13H19BrFNO/c14-12-9-11(5-6-13(12)15)10-16-7-3-1-2-4-8-17/h5-6,9,16-17H,1-4,7-8,10H2. The fourth-order valence-electron chi connectivity index (χ4n) is 1.60. The highest BCUT2D eigenvalue weighted by Crippen LogP contribution is 2.16. The Kier molecular flexibility index (Phi) is 7.40. The molecule has 4 heteroatoms. The number of rotatable bonds is 8. The molecule has 0 aromatic heterocycles. The van der Waals surface area contributed by atoms with E-state index in [1.165, 1.54) is 6.07 Å². The maximum Gasteiger partial charge on any atom is 0.137 e. The van der Waals surface area contributed by atoms with E-state index in [-0.39, 0.29) is 12.4 Å². The Bertz CT molecular complexity index is 333. The van der Waals surface area contributed by atoms with Gasteiger partial charge in [-0.05, 0) is 53.0 Å². The number of hydrogen-bond acceptors (Lipinski definition) is 2. The minimum Gasteiger partial charge on any atom is -0.396 e. The van der Waals surface area contributed by atoms with Gasteiger partial charge in [0, 0.05) is 13.2 Å². The number of aliphatic hydroxyl groups excluding tert-OH is 1. The van der Waals surface area contributed by atoms with Crippen LogP contribution in [0.4, 0.5) is 4.39 Å². The molecular weight excluding hydrogens is 285 g/mol. The first kappa shape index (κ1) is 14.6. The first-order valence-corrected chi connectivity index (χ1v) is 6.79. The Labute approximate surface area is 110 Å². The molecule has 2 N–H and O–H groups in total. The van der Waals surface area contributed by atoms with Gasteiger partial charge in [0.05, 0.1) is 4.47 Å². The summed E-state index contributed by atoms with van der Waals surface area (Å²) in [7, 11) is 0. The van der Waals surface area contributed by atoms with Gasteiger partial charge in [-0.25, -0.2) is 4.39 Å². The third-order valence-electron chi connectivity index (χ3n) is 2.57. The quantitative estimate of drug-likeness (QED) is 0.723. The summed E-state index contributed by atoms with van der Waals surface area (Å²) in [5.41, 5.74) is 1.08. The van der Waals surface area contributed by atoms with Gasteiger partial charge < -0.3 is 10.4 Å². The van der Waals surface area contributed by atoms with Crippen molar-refractivity contribution in [2.45, 2.75) is 32.2 Å². The second-order valence-corrected chi connectivity index (χ2v) is 4.92. The molecule has 2 nitrogen and oxygen atoms in total. The summed E-state index contributed by atoms with van der Waals surface area (Å²) in [5, 5.41) is 11.9. The zero-order chi connectivity index (χ0) is 12.5. The van der Waals surface area contributed by atoms with E-state index in [1.807, 2.05) is 0 Å². The number of aliphatic hydroxyl groups is 1. The third-order valence-corrected chi connectivity index (χ3v) is 3.18. The molecule has 1 aromatic rings. The van der Waals surface area contributed by atoms with Crippen LogP contribution in [0.25, 0.3) is 0 Å². The van der Waals surface area contributed by atoms with Crippen LogP contribution < -0.4 is 5.32 Å². The molecule has 0 radical (unpaired) electrons. The molecule has 0 aliphatic carbocycles. The Hall–Kier alpha value is -0.450. The lowest BCUT2D eigenvalue weighted by atomic mass is 10.2. The largest absolute Gasteiger partial charge is 0.396 e. The van der Waals surface area contributed by atoms with Crippen LogP contribution in [0.2, 0.25) is 0 Å². The Morgan fingerprint density at radius 2 is 1.94 bits per heavy atom. The molecule has 0 spiro atoms. The van der Waals surface area contributed by atoms with Gasteiger partial charge in [-0.2, -0.15) is 0 Å². The molecule has 17 heavy (non-hydrogen) atoms. The van der Waals surface area contributed by atoms with Crippen LogP contribution in [0.1, 0.15) is 31.2 Å². The maximum absolute atomic E-state index is 13.0. The smallest absolute Gasteiger partial charge is 0.137 e. The number of unbranched alkanes of at least 4 members (excludes halogenated alkanes) is 3. The maximum atomic E-state index is 13.0. The van der Waals surface area contributed by atoms with Crippen molar-refractivity contribution in [3.63, 3.8) is 0 Å². The molecule has 0 saturated heterocycles. The van der Waals surface area contributed by atoms with Gasteiger partial charge in [0.15, 0.2) is 0 Å². The van der Waals surface area contributed by atoms with Gasteiger partial charge >= 0.3 is 0 Å². The van der Waals surface area contributed by atoms with Crippen LogP contribution in [0.3, 0.4) is 0 Å². The van der Waals surface area contributed by atoms with Crippen LogP contribution >= 0.6 is 15.9 Å². The monoisotopic (exact) mass is 303 g/mol. The minimum atomic E-state index is -0.224. The summed E-state index contributed by atoms with van der Waals surface area (Å²) in [4.78, 5) is 0. The topological polar surface area (TPSA) is 32.3 Å². The highest BCUT2D eigenvalue weighted by molar-refractivity contribution is 9.10. The summed E-state index contributed by atoms with van der Waals surface area (Å²) < 4.78 is 13.5. The lowest BCUT2D eigenvalue weighted by Gasteiger charge is -2.05. The SMILES string of the molecule is OCCCCCCNCc1ccc(F)c(Br)c1. The minimum absolute atomic E-state index is 0.224. The van der Waals surface area contributed by atoms with E-state index < -0.39 is 0 Å². The van der Waals surface area contributed by atoms with Gasteiger partial charge in [-0.3, -0.25) is 0 Å². The first-order valence-electron chi connectivity index (χ1n) is 5.99. The predicted octanol–water partition coefficient (Wildman–Crippen LogP) is 3.23. The Balaban J connectivity index is 2.11. The molecule has 0 saturated carbocycles. The second-order valence-electron chi connectivity index (χ2n) is 4.06. The molecule has 0 amide bonds. The highest BCUT2D eigenvalue weighted by Gasteiger charge is 1.99. The van der Waals surface area contributed by atoms with Crippen molar-refractivity contribution in [2.75, 3.05) is 13.2 Å². The molecule has 1 rings (SSSR count). The fraction of sp³-hybridized carbons (Fsp3) is 0.538. The third kappa shape index (κ3) is 6.15. The molecule has 1 aromatic carbocycles. The van der Waals surface area contributed by atoms with Gasteiger partial charge in [0.25, 0.3) is 0 Å². The number of nitrogens with one attached hydrogen (secondary N) is 1. The lowest BCUT2D eigenvalue weighted by Crippen LogP contribution is -2.14. The van der Waals surface area contributed by atoms with Crippen molar-refractivity contribution in [3.05, 3.63) is 34.1 Å². The summed E-state index contributed by atoms with van der Waals surface area (Å²) in [6.07, 6.45) is 4.23. The van der Waals surface area contributed by atoms with E-state index in [0.29, 0.717) is 4.47 Å². The molecular formula is C13H19BrFNO. The van der Waals surface area contributed by atoms with E-state index in [9.17, 15) is 4.39 Å². The summed E-state index contributed by atoms with van der Waals surface area (Å²) in [6, 6.07) is 5.06. The predicted molar refractivity (Wildman–Crippen MR) is 71.4 cm³/mol. The van der Waals surface area contributed by atoms with Crippen molar-refractivity contribution >= 4 is 15.9 Å². The van der Waals surface area contributed by atoms with Crippen LogP contribution in [-0.4, -0.2) is 18.3 Å². The zero-order valence-corrected chi connectivity index (χ0v) is 11.5. The summed E-state index contributed by atoms with van der Waals surface area (Å²) >= 11 is 3.17. The molecule has 0 heterocycles. The Morgan fingerprint density at radius 1 is 1.18 bits per heavy atom. The molecule has 0 unspecified atom stereocenters. The summed E-state index contributed by atoms with van der Waals surface area (Å²) in [5.74, 6) is -0.224. The Morgan fingerprint density at radius 3 is 2.65 bits per heavy atom. The van der Waals surface area contributed by atoms with Crippen molar-refractivity contribution < 1.29 is 9.50 Å². The first-order chi connectivity index (χ1) is 8.24. The number of benzene rings is 1. The molecule has 0 aliphatic rings. The molecule has 0 atom stereocenters. The van der Waals surface area contributed by atoms with Gasteiger partial charge in [0.1, 0.15) is 5.82 Å². The molecule has 0 bridgehead atoms. The van der Waals surface area contributed by atoms with Gasteiger partial charge in [-0.1, -0.05) is 18.9 Å². The summed E-state index contributed by atoms with van der Waals surface area (Å²) in [6.45, 7) is 2.01. The van der Waals surface area contributed by atoms with Crippen LogP contribution in [0, 0.1) is 5.82 Å². The normalized spacial score (nSPS) is 10.8. The van der Waals surface area contributed by atoms with Gasteiger partial charge in [-0.15, -0.1) is 0 Å². The molecule has 0 aliphatic heterocycles. The number of halogens is 2. The highest BCUT2D eigenvalue weighted by atomic mass is 79.9. The molecule has 0 fully saturated rings. The van der Waals surface area contributed by atoms with Crippen molar-refractivity contribution in [1.29, 1.82) is 0 Å². The fourth-order valence-corrected chi connectivity index (χ4v) is 2.02. The zero-order valence-electron chi connectivity index (χ0n) is 9.88. The van der Waals surface area contributed by atoms with Crippen LogP contribution in [0.5, 0.6) is 0 Å².